The van der Waals surface area contributed by atoms with Crippen LogP contribution >= 0.6 is 0 Å². The summed E-state index contributed by atoms with van der Waals surface area (Å²) in [6.45, 7) is 7.46. The maximum atomic E-state index is 5.99. The molecule has 0 fully saturated rings. The lowest BCUT2D eigenvalue weighted by Gasteiger charge is -2.20. The summed E-state index contributed by atoms with van der Waals surface area (Å²) < 4.78 is 5.99. The maximum Gasteiger partial charge on any atom is 0.108 e. The molecule has 106 valence electrons. The van der Waals surface area contributed by atoms with Crippen molar-refractivity contribution in [1.82, 2.24) is 0 Å². The van der Waals surface area contributed by atoms with Crippen LogP contribution in [0.1, 0.15) is 33.9 Å². The molecule has 2 rings (SSSR count). The summed E-state index contributed by atoms with van der Waals surface area (Å²) in [6.07, 6.45) is -0.0438. The molecule has 0 saturated heterocycles. The molecule has 2 aromatic carbocycles. The van der Waals surface area contributed by atoms with Gasteiger partial charge in [-0.25, -0.2) is 0 Å². The van der Waals surface area contributed by atoms with Crippen molar-refractivity contribution >= 4 is 0 Å². The second-order valence-corrected chi connectivity index (χ2v) is 5.30. The van der Waals surface area contributed by atoms with Crippen LogP contribution in [0.3, 0.4) is 0 Å². The summed E-state index contributed by atoms with van der Waals surface area (Å²) >= 11 is 0. The third kappa shape index (κ3) is 3.47. The van der Waals surface area contributed by atoms with Crippen LogP contribution in [0, 0.1) is 20.8 Å². The van der Waals surface area contributed by atoms with Crippen LogP contribution in [-0.2, 0) is 4.74 Å². The third-order valence-electron chi connectivity index (χ3n) is 3.58. The van der Waals surface area contributed by atoms with Crippen molar-refractivity contribution in [2.24, 2.45) is 5.73 Å². The lowest BCUT2D eigenvalue weighted by atomic mass is 9.97. The molecule has 0 bridgehead atoms. The van der Waals surface area contributed by atoms with Crippen LogP contribution in [0.4, 0.5) is 0 Å². The molecule has 2 aromatic rings. The average Bonchev–Trinajstić information content (AvgIpc) is 2.43. The van der Waals surface area contributed by atoms with Gasteiger partial charge in [0.05, 0.1) is 6.61 Å². The number of aryl methyl sites for hydroxylation is 3. The van der Waals surface area contributed by atoms with Crippen LogP contribution < -0.4 is 5.73 Å². The predicted molar refractivity (Wildman–Crippen MR) is 83.9 cm³/mol. The van der Waals surface area contributed by atoms with Gasteiger partial charge in [0.25, 0.3) is 0 Å². The van der Waals surface area contributed by atoms with E-state index >= 15 is 0 Å². The predicted octanol–water partition coefficient (Wildman–Crippen LogP) is 3.68. The topological polar surface area (TPSA) is 35.2 Å². The second-order valence-electron chi connectivity index (χ2n) is 5.30. The Morgan fingerprint density at radius 2 is 1.70 bits per heavy atom. The minimum absolute atomic E-state index is 0.0438. The fourth-order valence-electron chi connectivity index (χ4n) is 2.33. The van der Waals surface area contributed by atoms with E-state index in [0.717, 1.165) is 0 Å². The Hall–Kier alpha value is -1.64. The van der Waals surface area contributed by atoms with E-state index in [1.165, 1.54) is 27.8 Å². The van der Waals surface area contributed by atoms with Gasteiger partial charge in [-0.15, -0.1) is 0 Å². The van der Waals surface area contributed by atoms with Crippen molar-refractivity contribution < 1.29 is 4.74 Å². The molecule has 0 aromatic heterocycles. The van der Waals surface area contributed by atoms with E-state index in [9.17, 15) is 0 Å². The smallest absolute Gasteiger partial charge is 0.108 e. The maximum absolute atomic E-state index is 5.99. The van der Waals surface area contributed by atoms with Crippen LogP contribution in [0.25, 0.3) is 0 Å². The fourth-order valence-corrected chi connectivity index (χ4v) is 2.33. The molecule has 2 N–H and O–H groups in total. The van der Waals surface area contributed by atoms with Gasteiger partial charge in [-0.3, -0.25) is 0 Å². The minimum Gasteiger partial charge on any atom is -0.367 e. The molecule has 0 heterocycles. The normalized spacial score (nSPS) is 12.4. The van der Waals surface area contributed by atoms with E-state index < -0.39 is 0 Å². The molecule has 2 nitrogen and oxygen atoms in total. The van der Waals surface area contributed by atoms with Gasteiger partial charge in [0.15, 0.2) is 0 Å². The molecule has 0 aliphatic rings. The highest BCUT2D eigenvalue weighted by Crippen LogP contribution is 2.28. The van der Waals surface area contributed by atoms with Crippen molar-refractivity contribution in [3.05, 3.63) is 70.3 Å². The van der Waals surface area contributed by atoms with Crippen molar-refractivity contribution in [2.45, 2.75) is 26.9 Å². The first-order valence-corrected chi connectivity index (χ1v) is 7.07. The molecular formula is C18H23NO. The average molecular weight is 269 g/mol. The van der Waals surface area contributed by atoms with Crippen molar-refractivity contribution in [1.29, 1.82) is 0 Å². The van der Waals surface area contributed by atoms with Gasteiger partial charge in [-0.2, -0.15) is 0 Å². The Balaban J connectivity index is 2.38. The number of ether oxygens (including phenoxy) is 1. The quantitative estimate of drug-likeness (QED) is 0.898. The van der Waals surface area contributed by atoms with E-state index in [1.54, 1.807) is 0 Å². The molecule has 0 saturated carbocycles. The van der Waals surface area contributed by atoms with Crippen LogP contribution in [-0.4, -0.2) is 13.2 Å². The SMILES string of the molecule is Cc1cccc(C(OCCN)c2ccc(C)c(C)c2)c1. The summed E-state index contributed by atoms with van der Waals surface area (Å²) in [7, 11) is 0. The van der Waals surface area contributed by atoms with Gasteiger partial charge in [-0.1, -0.05) is 48.0 Å². The fraction of sp³-hybridized carbons (Fsp3) is 0.333. The van der Waals surface area contributed by atoms with E-state index in [4.69, 9.17) is 10.5 Å². The second kappa shape index (κ2) is 6.69. The van der Waals surface area contributed by atoms with Gasteiger partial charge in [0, 0.05) is 6.54 Å². The monoisotopic (exact) mass is 269 g/mol. The zero-order valence-electron chi connectivity index (χ0n) is 12.5. The lowest BCUT2D eigenvalue weighted by molar-refractivity contribution is 0.0864. The van der Waals surface area contributed by atoms with Crippen molar-refractivity contribution in [3.8, 4) is 0 Å². The molecule has 0 aliphatic carbocycles. The van der Waals surface area contributed by atoms with Gasteiger partial charge in [-0.05, 0) is 43.0 Å². The van der Waals surface area contributed by atoms with Crippen molar-refractivity contribution in [2.75, 3.05) is 13.2 Å². The largest absolute Gasteiger partial charge is 0.367 e. The highest BCUT2D eigenvalue weighted by atomic mass is 16.5. The first kappa shape index (κ1) is 14.8. The molecule has 0 spiro atoms. The van der Waals surface area contributed by atoms with Crippen molar-refractivity contribution in [3.63, 3.8) is 0 Å². The Kier molecular flexibility index (Phi) is 4.94. The Morgan fingerprint density at radius 1 is 0.950 bits per heavy atom. The molecular weight excluding hydrogens is 246 g/mol. The number of hydrogen-bond acceptors (Lipinski definition) is 2. The van der Waals surface area contributed by atoms with Gasteiger partial charge < -0.3 is 10.5 Å². The molecule has 2 heteroatoms. The van der Waals surface area contributed by atoms with Gasteiger partial charge in [0.2, 0.25) is 0 Å². The number of benzene rings is 2. The third-order valence-corrected chi connectivity index (χ3v) is 3.58. The first-order chi connectivity index (χ1) is 9.61. The van der Waals surface area contributed by atoms with Gasteiger partial charge in [0.1, 0.15) is 6.10 Å². The van der Waals surface area contributed by atoms with E-state index in [-0.39, 0.29) is 6.10 Å². The standard InChI is InChI=1S/C18H23NO/c1-13-5-4-6-16(11-13)18(20-10-9-19)17-8-7-14(2)15(3)12-17/h4-8,11-12,18H,9-10,19H2,1-3H3. The molecule has 0 amide bonds. The van der Waals surface area contributed by atoms with E-state index in [2.05, 4.69) is 63.2 Å². The number of hydrogen-bond donors (Lipinski definition) is 1. The minimum atomic E-state index is -0.0438. The Morgan fingerprint density at radius 3 is 2.35 bits per heavy atom. The van der Waals surface area contributed by atoms with Crippen LogP contribution in [0.5, 0.6) is 0 Å². The highest BCUT2D eigenvalue weighted by Gasteiger charge is 2.15. The summed E-state index contributed by atoms with van der Waals surface area (Å²) in [6, 6.07) is 15.0. The van der Waals surface area contributed by atoms with Crippen LogP contribution in [0.2, 0.25) is 0 Å². The number of rotatable bonds is 5. The molecule has 0 radical (unpaired) electrons. The molecule has 1 atom stereocenters. The summed E-state index contributed by atoms with van der Waals surface area (Å²) in [5.41, 5.74) is 11.8. The first-order valence-electron chi connectivity index (χ1n) is 7.07. The zero-order chi connectivity index (χ0) is 14.5. The Bertz CT molecular complexity index is 577. The highest BCUT2D eigenvalue weighted by molar-refractivity contribution is 5.37. The molecule has 0 aliphatic heterocycles. The summed E-state index contributed by atoms with van der Waals surface area (Å²) in [5, 5.41) is 0. The lowest BCUT2D eigenvalue weighted by Crippen LogP contribution is -2.14. The molecule has 1 unspecified atom stereocenters. The Labute approximate surface area is 121 Å². The molecule has 20 heavy (non-hydrogen) atoms. The van der Waals surface area contributed by atoms with E-state index in [0.29, 0.717) is 13.2 Å². The number of nitrogens with two attached hydrogens (primary N) is 1. The summed E-state index contributed by atoms with van der Waals surface area (Å²) in [4.78, 5) is 0. The summed E-state index contributed by atoms with van der Waals surface area (Å²) in [5.74, 6) is 0. The zero-order valence-corrected chi connectivity index (χ0v) is 12.5. The van der Waals surface area contributed by atoms with E-state index in [1.807, 2.05) is 0 Å². The van der Waals surface area contributed by atoms with Crippen LogP contribution in [0.15, 0.2) is 42.5 Å². The van der Waals surface area contributed by atoms with Gasteiger partial charge >= 0.3 is 0 Å².